The summed E-state index contributed by atoms with van der Waals surface area (Å²) < 4.78 is 2.24. The number of hydrogen-bond donors (Lipinski definition) is 0. The normalized spacial score (nSPS) is 23.5. The van der Waals surface area contributed by atoms with E-state index in [1.54, 1.807) is 0 Å². The van der Waals surface area contributed by atoms with Gasteiger partial charge >= 0.3 is 0 Å². The summed E-state index contributed by atoms with van der Waals surface area (Å²) in [5.41, 5.74) is 1.52. The third-order valence-electron chi connectivity index (χ3n) is 6.50. The molecule has 1 aromatic heterocycles. The zero-order valence-electron chi connectivity index (χ0n) is 17.0. The lowest BCUT2D eigenvalue weighted by atomic mass is 9.73. The molecule has 0 bridgehead atoms. The van der Waals surface area contributed by atoms with Crippen LogP contribution in [0.2, 0.25) is 0 Å². The Labute approximate surface area is 168 Å². The lowest BCUT2D eigenvalue weighted by molar-refractivity contribution is -0.140. The molecule has 2 aliphatic rings. The molecule has 4 rings (SSSR count). The van der Waals surface area contributed by atoms with E-state index < -0.39 is 0 Å². The molecular formula is C23H32N4O. The van der Waals surface area contributed by atoms with Crippen LogP contribution in [0, 0.1) is 12.3 Å². The van der Waals surface area contributed by atoms with Crippen LogP contribution in [0.4, 0.5) is 0 Å². The molecule has 1 aromatic carbocycles. The molecule has 2 saturated heterocycles. The van der Waals surface area contributed by atoms with E-state index >= 15 is 0 Å². The lowest BCUT2D eigenvalue weighted by Gasteiger charge is -2.48. The number of likely N-dealkylation sites (tertiary alicyclic amines) is 2. The van der Waals surface area contributed by atoms with E-state index in [1.807, 2.05) is 12.3 Å². The zero-order valence-corrected chi connectivity index (χ0v) is 17.0. The van der Waals surface area contributed by atoms with Crippen LogP contribution < -0.4 is 0 Å². The van der Waals surface area contributed by atoms with Crippen molar-refractivity contribution in [1.82, 2.24) is 19.4 Å². The van der Waals surface area contributed by atoms with Gasteiger partial charge in [-0.15, -0.1) is 0 Å². The quantitative estimate of drug-likeness (QED) is 0.770. The second kappa shape index (κ2) is 8.48. The fourth-order valence-corrected chi connectivity index (χ4v) is 4.99. The largest absolute Gasteiger partial charge is 0.338 e. The van der Waals surface area contributed by atoms with E-state index in [4.69, 9.17) is 0 Å². The average Bonchev–Trinajstić information content (AvgIpc) is 3.11. The van der Waals surface area contributed by atoms with Gasteiger partial charge in [0.2, 0.25) is 5.91 Å². The minimum Gasteiger partial charge on any atom is -0.338 e. The topological polar surface area (TPSA) is 41.4 Å². The van der Waals surface area contributed by atoms with E-state index in [0.717, 1.165) is 51.4 Å². The predicted octanol–water partition coefficient (Wildman–Crippen LogP) is 3.49. The highest BCUT2D eigenvalue weighted by Crippen LogP contribution is 2.39. The monoisotopic (exact) mass is 380 g/mol. The Morgan fingerprint density at radius 3 is 2.75 bits per heavy atom. The Hall–Kier alpha value is -2.14. The Kier molecular flexibility index (Phi) is 5.81. The Morgan fingerprint density at radius 1 is 1.11 bits per heavy atom. The van der Waals surface area contributed by atoms with Gasteiger partial charge in [0, 0.05) is 50.4 Å². The summed E-state index contributed by atoms with van der Waals surface area (Å²) in [6.07, 6.45) is 9.36. The van der Waals surface area contributed by atoms with Crippen molar-refractivity contribution < 1.29 is 4.79 Å². The van der Waals surface area contributed by atoms with Crippen molar-refractivity contribution in [3.63, 3.8) is 0 Å². The molecule has 0 radical (unpaired) electrons. The van der Waals surface area contributed by atoms with Gasteiger partial charge < -0.3 is 14.4 Å². The highest BCUT2D eigenvalue weighted by molar-refractivity contribution is 5.77. The van der Waals surface area contributed by atoms with Crippen molar-refractivity contribution >= 4 is 5.91 Å². The fourth-order valence-electron chi connectivity index (χ4n) is 4.99. The predicted molar refractivity (Wildman–Crippen MR) is 111 cm³/mol. The summed E-state index contributed by atoms with van der Waals surface area (Å²) >= 11 is 0. The molecule has 1 atom stereocenters. The molecule has 0 unspecified atom stereocenters. The Balaban J connectivity index is 1.34. The minimum atomic E-state index is 0.284. The molecular weight excluding hydrogens is 348 g/mol. The van der Waals surface area contributed by atoms with Gasteiger partial charge in [0.25, 0.3) is 0 Å². The van der Waals surface area contributed by atoms with Gasteiger partial charge in [0.15, 0.2) is 0 Å². The van der Waals surface area contributed by atoms with Gasteiger partial charge in [-0.2, -0.15) is 0 Å². The molecule has 150 valence electrons. The molecule has 2 aromatic rings. The molecule has 2 aliphatic heterocycles. The number of aryl methyl sites for hydroxylation is 2. The van der Waals surface area contributed by atoms with E-state index in [9.17, 15) is 4.79 Å². The first-order chi connectivity index (χ1) is 13.6. The van der Waals surface area contributed by atoms with Gasteiger partial charge in [-0.25, -0.2) is 4.98 Å². The second-order valence-corrected chi connectivity index (χ2v) is 8.64. The molecule has 28 heavy (non-hydrogen) atoms. The van der Waals surface area contributed by atoms with Crippen LogP contribution in [-0.2, 0) is 17.9 Å². The number of carbonyl (C=O) groups excluding carboxylic acids is 1. The number of piperidine rings is 2. The van der Waals surface area contributed by atoms with Crippen molar-refractivity contribution in [3.05, 3.63) is 54.1 Å². The molecule has 5 nitrogen and oxygen atoms in total. The van der Waals surface area contributed by atoms with Crippen molar-refractivity contribution in [3.8, 4) is 0 Å². The van der Waals surface area contributed by atoms with Crippen LogP contribution in [0.1, 0.15) is 43.5 Å². The summed E-state index contributed by atoms with van der Waals surface area (Å²) in [5.74, 6) is 1.42. The van der Waals surface area contributed by atoms with Crippen molar-refractivity contribution in [1.29, 1.82) is 0 Å². The first kappa shape index (κ1) is 19.2. The Bertz CT molecular complexity index is 787. The standard InChI is InChI=1S/C23H32N4O/c1-20-24-12-16-26(20)15-6-14-25-13-5-10-23(18-25)11-9-22(28)27(19-23)17-21-7-3-2-4-8-21/h2-4,7-8,12,16H,5-6,9-11,13-15,17-19H2,1H3/t23-/m1/s1. The van der Waals surface area contributed by atoms with Crippen LogP contribution >= 0.6 is 0 Å². The number of rotatable bonds is 6. The third-order valence-corrected chi connectivity index (χ3v) is 6.50. The number of nitrogens with zero attached hydrogens (tertiary/aromatic N) is 4. The average molecular weight is 381 g/mol. The van der Waals surface area contributed by atoms with Gasteiger partial charge in [0.05, 0.1) is 0 Å². The van der Waals surface area contributed by atoms with E-state index in [-0.39, 0.29) is 5.41 Å². The van der Waals surface area contributed by atoms with Crippen molar-refractivity contribution in [2.24, 2.45) is 5.41 Å². The molecule has 0 N–H and O–H groups in total. The second-order valence-electron chi connectivity index (χ2n) is 8.64. The summed E-state index contributed by atoms with van der Waals surface area (Å²) in [4.78, 5) is 21.6. The van der Waals surface area contributed by atoms with Crippen molar-refractivity contribution in [2.45, 2.75) is 52.1 Å². The van der Waals surface area contributed by atoms with Crippen LogP contribution in [0.5, 0.6) is 0 Å². The highest BCUT2D eigenvalue weighted by atomic mass is 16.2. The molecule has 1 spiro atoms. The Morgan fingerprint density at radius 2 is 1.96 bits per heavy atom. The number of aromatic nitrogens is 2. The smallest absolute Gasteiger partial charge is 0.222 e. The molecule has 5 heteroatoms. The van der Waals surface area contributed by atoms with Crippen LogP contribution in [0.3, 0.4) is 0 Å². The summed E-state index contributed by atoms with van der Waals surface area (Å²) in [6.45, 7) is 8.22. The maximum absolute atomic E-state index is 12.5. The summed E-state index contributed by atoms with van der Waals surface area (Å²) in [5, 5.41) is 0. The molecule has 0 aliphatic carbocycles. The van der Waals surface area contributed by atoms with Crippen molar-refractivity contribution in [2.75, 3.05) is 26.2 Å². The van der Waals surface area contributed by atoms with E-state index in [2.05, 4.69) is 56.7 Å². The molecule has 0 saturated carbocycles. The van der Waals surface area contributed by atoms with Crippen LogP contribution in [-0.4, -0.2) is 51.4 Å². The molecule has 1 amide bonds. The molecule has 2 fully saturated rings. The number of imidazole rings is 1. The number of amides is 1. The first-order valence-electron chi connectivity index (χ1n) is 10.7. The summed E-state index contributed by atoms with van der Waals surface area (Å²) in [6, 6.07) is 10.4. The van der Waals surface area contributed by atoms with Gasteiger partial charge in [0.1, 0.15) is 5.82 Å². The third kappa shape index (κ3) is 4.46. The SMILES string of the molecule is Cc1nccn1CCCN1CCC[C@@]2(CCC(=O)N(Cc3ccccc3)C2)C1. The highest BCUT2D eigenvalue weighted by Gasteiger charge is 2.41. The maximum Gasteiger partial charge on any atom is 0.222 e. The molecule has 3 heterocycles. The van der Waals surface area contributed by atoms with E-state index in [1.165, 1.54) is 24.9 Å². The summed E-state index contributed by atoms with van der Waals surface area (Å²) in [7, 11) is 0. The minimum absolute atomic E-state index is 0.284. The first-order valence-corrected chi connectivity index (χ1v) is 10.7. The fraction of sp³-hybridized carbons (Fsp3) is 0.565. The van der Waals surface area contributed by atoms with Gasteiger partial charge in [-0.1, -0.05) is 30.3 Å². The number of hydrogen-bond acceptors (Lipinski definition) is 3. The van der Waals surface area contributed by atoms with Gasteiger partial charge in [-0.05, 0) is 51.3 Å². The number of carbonyl (C=O) groups is 1. The van der Waals surface area contributed by atoms with E-state index in [0.29, 0.717) is 12.3 Å². The number of benzene rings is 1. The van der Waals surface area contributed by atoms with Crippen LogP contribution in [0.25, 0.3) is 0 Å². The van der Waals surface area contributed by atoms with Crippen LogP contribution in [0.15, 0.2) is 42.7 Å². The van der Waals surface area contributed by atoms with Gasteiger partial charge in [-0.3, -0.25) is 4.79 Å². The zero-order chi connectivity index (χ0) is 19.4. The lowest BCUT2D eigenvalue weighted by Crippen LogP contribution is -2.53. The maximum atomic E-state index is 12.5.